The Labute approximate surface area is 141 Å². The van der Waals surface area contributed by atoms with E-state index >= 15 is 0 Å². The number of nitriles is 1. The van der Waals surface area contributed by atoms with Gasteiger partial charge in [-0.2, -0.15) is 23.4 Å². The highest BCUT2D eigenvalue weighted by Gasteiger charge is 2.34. The minimum absolute atomic E-state index is 0.0143. The number of rotatable bonds is 4. The Kier molecular flexibility index (Phi) is 4.67. The fourth-order valence-corrected chi connectivity index (χ4v) is 2.37. The molecule has 0 aromatic carbocycles. The highest BCUT2D eigenvalue weighted by atomic mass is 19.4. The minimum atomic E-state index is -4.59. The molecule has 0 spiro atoms. The van der Waals surface area contributed by atoms with Crippen LogP contribution in [0.25, 0.3) is 0 Å². The van der Waals surface area contributed by atoms with Gasteiger partial charge in [-0.1, -0.05) is 0 Å². The Morgan fingerprint density at radius 3 is 2.72 bits per heavy atom. The van der Waals surface area contributed by atoms with Crippen molar-refractivity contribution in [3.8, 4) is 6.07 Å². The zero-order chi connectivity index (χ0) is 17.9. The van der Waals surface area contributed by atoms with E-state index in [1.165, 1.54) is 18.3 Å². The van der Waals surface area contributed by atoms with Crippen LogP contribution < -0.4 is 16.0 Å². The van der Waals surface area contributed by atoms with Crippen molar-refractivity contribution < 1.29 is 13.2 Å². The summed E-state index contributed by atoms with van der Waals surface area (Å²) in [5.41, 5.74) is -0.460. The molecule has 1 aliphatic heterocycles. The third-order valence-corrected chi connectivity index (χ3v) is 3.56. The van der Waals surface area contributed by atoms with Gasteiger partial charge in [0.25, 0.3) is 0 Å². The second kappa shape index (κ2) is 6.90. The van der Waals surface area contributed by atoms with Crippen LogP contribution in [0, 0.1) is 11.3 Å². The maximum absolute atomic E-state index is 13.1. The summed E-state index contributed by atoms with van der Waals surface area (Å²) in [5, 5.41) is 17.5. The van der Waals surface area contributed by atoms with E-state index in [1.807, 2.05) is 6.07 Å². The van der Waals surface area contributed by atoms with E-state index in [0.29, 0.717) is 12.2 Å². The van der Waals surface area contributed by atoms with Crippen LogP contribution in [0.4, 0.5) is 30.6 Å². The van der Waals surface area contributed by atoms with Crippen molar-refractivity contribution in [1.82, 2.24) is 20.3 Å². The number of aromatic nitrogens is 3. The van der Waals surface area contributed by atoms with Gasteiger partial charge in [-0.15, -0.1) is 0 Å². The third kappa shape index (κ3) is 4.33. The van der Waals surface area contributed by atoms with Crippen molar-refractivity contribution in [2.75, 3.05) is 23.7 Å². The summed E-state index contributed by atoms with van der Waals surface area (Å²) in [6, 6.07) is 5.73. The zero-order valence-corrected chi connectivity index (χ0v) is 12.9. The largest absolute Gasteiger partial charge is 0.433 e. The molecule has 3 rings (SSSR count). The van der Waals surface area contributed by atoms with Gasteiger partial charge in [0, 0.05) is 18.7 Å². The molecule has 3 N–H and O–H groups in total. The molecular weight excluding hydrogens is 335 g/mol. The number of nitrogens with one attached hydrogen (secondary N) is 3. The lowest BCUT2D eigenvalue weighted by molar-refractivity contribution is -0.141. The van der Waals surface area contributed by atoms with Gasteiger partial charge in [-0.25, -0.2) is 9.97 Å². The van der Waals surface area contributed by atoms with Gasteiger partial charge < -0.3 is 16.0 Å². The van der Waals surface area contributed by atoms with E-state index in [1.54, 1.807) is 0 Å². The summed E-state index contributed by atoms with van der Waals surface area (Å²) in [7, 11) is 0. The van der Waals surface area contributed by atoms with Crippen LogP contribution in [0.1, 0.15) is 17.8 Å². The lowest BCUT2D eigenvalue weighted by atomic mass is 10.2. The van der Waals surface area contributed by atoms with E-state index in [4.69, 9.17) is 5.26 Å². The second-order valence-electron chi connectivity index (χ2n) is 5.46. The standard InChI is InChI=1S/C15H14F3N7/c16-15(17,18)12-5-13(22-11-3-4-20-7-11)25-14(24-12)23-10-2-1-9(6-19)21-8-10/h1-2,5,8,11,20H,3-4,7H2,(H2,22,23,24,25). The quantitative estimate of drug-likeness (QED) is 0.779. The van der Waals surface area contributed by atoms with Gasteiger partial charge in [-0.05, 0) is 25.1 Å². The first-order chi connectivity index (χ1) is 11.9. The summed E-state index contributed by atoms with van der Waals surface area (Å²) < 4.78 is 39.3. The first kappa shape index (κ1) is 16.9. The highest BCUT2D eigenvalue weighted by Crippen LogP contribution is 2.30. The molecular formula is C15H14F3N7. The number of pyridine rings is 1. The fraction of sp³-hybridized carbons (Fsp3) is 0.333. The third-order valence-electron chi connectivity index (χ3n) is 3.56. The molecule has 10 heteroatoms. The number of nitrogens with zero attached hydrogens (tertiary/aromatic N) is 4. The van der Waals surface area contributed by atoms with E-state index < -0.39 is 11.9 Å². The average molecular weight is 349 g/mol. The summed E-state index contributed by atoms with van der Waals surface area (Å²) in [5.74, 6) is -0.102. The van der Waals surface area contributed by atoms with Crippen molar-refractivity contribution in [3.63, 3.8) is 0 Å². The van der Waals surface area contributed by atoms with E-state index in [9.17, 15) is 13.2 Å². The molecule has 1 saturated heterocycles. The van der Waals surface area contributed by atoms with Crippen LogP contribution in [0.15, 0.2) is 24.4 Å². The average Bonchev–Trinajstić information content (AvgIpc) is 3.07. The first-order valence-corrected chi connectivity index (χ1v) is 7.51. The number of hydrogen-bond donors (Lipinski definition) is 3. The minimum Gasteiger partial charge on any atom is -0.366 e. The Morgan fingerprint density at radius 1 is 1.28 bits per heavy atom. The maximum atomic E-state index is 13.1. The molecule has 1 aliphatic rings. The molecule has 130 valence electrons. The highest BCUT2D eigenvalue weighted by molar-refractivity contribution is 5.55. The van der Waals surface area contributed by atoms with Gasteiger partial charge >= 0.3 is 6.18 Å². The topological polar surface area (TPSA) is 98.5 Å². The van der Waals surface area contributed by atoms with Gasteiger partial charge in [0.2, 0.25) is 5.95 Å². The number of hydrogen-bond acceptors (Lipinski definition) is 7. The van der Waals surface area contributed by atoms with Crippen LogP contribution in [0.5, 0.6) is 0 Å². The van der Waals surface area contributed by atoms with Crippen molar-refractivity contribution in [1.29, 1.82) is 5.26 Å². The fourth-order valence-electron chi connectivity index (χ4n) is 2.37. The molecule has 1 atom stereocenters. The Balaban J connectivity index is 1.86. The summed E-state index contributed by atoms with van der Waals surface area (Å²) in [6.07, 6.45) is -2.46. The lowest BCUT2D eigenvalue weighted by Gasteiger charge is -2.15. The summed E-state index contributed by atoms with van der Waals surface area (Å²) >= 11 is 0. The SMILES string of the molecule is N#Cc1ccc(Nc2nc(NC3CCNC3)cc(C(F)(F)F)n2)cn1. The van der Waals surface area contributed by atoms with Crippen LogP contribution in [0.3, 0.4) is 0 Å². The first-order valence-electron chi connectivity index (χ1n) is 7.51. The molecule has 0 amide bonds. The molecule has 3 heterocycles. The Hall–Kier alpha value is -2.93. The van der Waals surface area contributed by atoms with E-state index in [0.717, 1.165) is 19.0 Å². The molecule has 1 unspecified atom stereocenters. The van der Waals surface area contributed by atoms with Crippen molar-refractivity contribution >= 4 is 17.5 Å². The van der Waals surface area contributed by atoms with Crippen LogP contribution in [-0.2, 0) is 6.18 Å². The molecule has 0 saturated carbocycles. The van der Waals surface area contributed by atoms with Crippen molar-refractivity contribution in [2.45, 2.75) is 18.6 Å². The number of halogens is 3. The van der Waals surface area contributed by atoms with Gasteiger partial charge in [0.05, 0.1) is 11.9 Å². The summed E-state index contributed by atoms with van der Waals surface area (Å²) in [4.78, 5) is 11.5. The van der Waals surface area contributed by atoms with Gasteiger partial charge in [0.15, 0.2) is 5.69 Å². The zero-order valence-electron chi connectivity index (χ0n) is 12.9. The normalized spacial score (nSPS) is 17.1. The van der Waals surface area contributed by atoms with Gasteiger partial charge in [-0.3, -0.25) is 0 Å². The lowest BCUT2D eigenvalue weighted by Crippen LogP contribution is -2.23. The number of anilines is 3. The Morgan fingerprint density at radius 2 is 2.12 bits per heavy atom. The Bertz CT molecular complexity index is 777. The molecule has 0 aliphatic carbocycles. The van der Waals surface area contributed by atoms with E-state index in [2.05, 4.69) is 30.9 Å². The molecule has 0 radical (unpaired) electrons. The van der Waals surface area contributed by atoms with Crippen LogP contribution >= 0.6 is 0 Å². The smallest absolute Gasteiger partial charge is 0.366 e. The maximum Gasteiger partial charge on any atom is 0.433 e. The molecule has 1 fully saturated rings. The van der Waals surface area contributed by atoms with Crippen LogP contribution in [-0.4, -0.2) is 34.1 Å². The molecule has 7 nitrogen and oxygen atoms in total. The molecule has 2 aromatic rings. The molecule has 2 aromatic heterocycles. The van der Waals surface area contributed by atoms with Crippen molar-refractivity contribution in [2.24, 2.45) is 0 Å². The molecule has 0 bridgehead atoms. The van der Waals surface area contributed by atoms with Gasteiger partial charge in [0.1, 0.15) is 17.6 Å². The predicted molar refractivity (Wildman–Crippen MR) is 84.2 cm³/mol. The van der Waals surface area contributed by atoms with Crippen LogP contribution in [0.2, 0.25) is 0 Å². The predicted octanol–water partition coefficient (Wildman–Crippen LogP) is 2.28. The molecule has 25 heavy (non-hydrogen) atoms. The van der Waals surface area contributed by atoms with E-state index in [-0.39, 0.29) is 23.5 Å². The van der Waals surface area contributed by atoms with Crippen molar-refractivity contribution in [3.05, 3.63) is 35.8 Å². The monoisotopic (exact) mass is 349 g/mol. The second-order valence-corrected chi connectivity index (χ2v) is 5.46. The summed E-state index contributed by atoms with van der Waals surface area (Å²) in [6.45, 7) is 1.46. The number of alkyl halides is 3.